The maximum Gasteiger partial charge on any atom is 0.416 e. The molecule has 0 amide bonds. The van der Waals surface area contributed by atoms with E-state index in [0.29, 0.717) is 15.6 Å². The van der Waals surface area contributed by atoms with Gasteiger partial charge in [0.25, 0.3) is 5.78 Å². The molecule has 0 spiro atoms. The van der Waals surface area contributed by atoms with Crippen LogP contribution in [-0.4, -0.2) is 26.7 Å². The van der Waals surface area contributed by atoms with Crippen LogP contribution in [0.5, 0.6) is 0 Å². The van der Waals surface area contributed by atoms with Crippen LogP contribution in [0.2, 0.25) is 0 Å². The molecule has 10 heteroatoms. The Labute approximate surface area is 148 Å². The van der Waals surface area contributed by atoms with E-state index in [0.717, 1.165) is 30.2 Å². The maximum atomic E-state index is 12.6. The molecule has 0 radical (unpaired) electrons. The van der Waals surface area contributed by atoms with E-state index >= 15 is 0 Å². The average Bonchev–Trinajstić information content (AvgIpc) is 3.26. The van der Waals surface area contributed by atoms with Crippen LogP contribution in [0.25, 0.3) is 0 Å². The number of nitrogens with one attached hydrogen (secondary N) is 1. The number of halogens is 3. The van der Waals surface area contributed by atoms with Gasteiger partial charge in [0.1, 0.15) is 6.33 Å². The fraction of sp³-hybridized carbons (Fsp3) is 0.125. The summed E-state index contributed by atoms with van der Waals surface area (Å²) in [5.74, 6) is -1.68. The minimum atomic E-state index is -4.41. The summed E-state index contributed by atoms with van der Waals surface area (Å²) in [6.07, 6.45) is -2.18. The summed E-state index contributed by atoms with van der Waals surface area (Å²) in [7, 11) is 0. The third kappa shape index (κ3) is 4.02. The second-order valence-corrected chi connectivity index (χ2v) is 6.17. The quantitative estimate of drug-likeness (QED) is 0.519. The third-order valence-electron chi connectivity index (χ3n) is 3.33. The van der Waals surface area contributed by atoms with Crippen LogP contribution >= 0.6 is 11.8 Å². The van der Waals surface area contributed by atoms with Crippen molar-refractivity contribution >= 4 is 23.3 Å². The van der Waals surface area contributed by atoms with Gasteiger partial charge in [-0.1, -0.05) is 11.8 Å². The van der Waals surface area contributed by atoms with Gasteiger partial charge in [0.05, 0.1) is 11.8 Å². The number of alkyl halides is 3. The van der Waals surface area contributed by atoms with Gasteiger partial charge < -0.3 is 4.42 Å². The van der Waals surface area contributed by atoms with Gasteiger partial charge in [-0.25, -0.2) is 4.98 Å². The highest BCUT2D eigenvalue weighted by atomic mass is 32.2. The molecule has 0 aliphatic heterocycles. The molecular formula is C16H10F3N3O3S. The Morgan fingerprint density at radius 1 is 1.15 bits per heavy atom. The highest BCUT2D eigenvalue weighted by molar-refractivity contribution is 7.99. The molecular weight excluding hydrogens is 371 g/mol. The highest BCUT2D eigenvalue weighted by Crippen LogP contribution is 2.34. The van der Waals surface area contributed by atoms with Gasteiger partial charge in [0.2, 0.25) is 5.78 Å². The summed E-state index contributed by atoms with van der Waals surface area (Å²) >= 11 is 1.06. The van der Waals surface area contributed by atoms with Crippen molar-refractivity contribution in [2.45, 2.75) is 22.6 Å². The molecule has 0 bridgehead atoms. The zero-order valence-corrected chi connectivity index (χ0v) is 13.7. The number of carbonyl (C=O) groups is 2. The lowest BCUT2D eigenvalue weighted by Crippen LogP contribution is -2.18. The molecule has 0 unspecified atom stereocenters. The molecule has 0 aliphatic carbocycles. The molecule has 0 fully saturated rings. The first-order valence-electron chi connectivity index (χ1n) is 7.19. The molecule has 2 aromatic heterocycles. The number of hydrogen-bond acceptors (Lipinski definition) is 6. The number of ketones is 2. The van der Waals surface area contributed by atoms with Crippen LogP contribution in [-0.2, 0) is 17.4 Å². The molecule has 1 N–H and O–H groups in total. The molecule has 0 saturated carbocycles. The fourth-order valence-corrected chi connectivity index (χ4v) is 2.92. The molecule has 0 saturated heterocycles. The number of Topliss-reactive ketones (excluding diaryl/α,β-unsaturated/α-hetero) is 2. The van der Waals surface area contributed by atoms with E-state index in [9.17, 15) is 22.8 Å². The number of nitrogens with zero attached hydrogens (tertiary/aromatic N) is 2. The molecule has 0 aliphatic rings. The normalized spacial score (nSPS) is 11.5. The number of rotatable bonds is 6. The lowest BCUT2D eigenvalue weighted by Gasteiger charge is -2.07. The Morgan fingerprint density at radius 3 is 2.50 bits per heavy atom. The van der Waals surface area contributed by atoms with E-state index < -0.39 is 23.3 Å². The van der Waals surface area contributed by atoms with E-state index in [1.165, 1.54) is 24.5 Å². The summed E-state index contributed by atoms with van der Waals surface area (Å²) < 4.78 is 43.0. The Balaban J connectivity index is 1.71. The minimum absolute atomic E-state index is 0.157. The van der Waals surface area contributed by atoms with E-state index in [-0.39, 0.29) is 12.2 Å². The lowest BCUT2D eigenvalue weighted by atomic mass is 10.1. The number of aromatic nitrogens is 3. The molecule has 1 aromatic carbocycles. The van der Waals surface area contributed by atoms with Crippen LogP contribution < -0.4 is 0 Å². The van der Waals surface area contributed by atoms with Gasteiger partial charge in [-0.05, 0) is 30.3 Å². The molecule has 2 heterocycles. The van der Waals surface area contributed by atoms with Crippen LogP contribution in [0.4, 0.5) is 13.2 Å². The number of benzene rings is 1. The van der Waals surface area contributed by atoms with Crippen molar-refractivity contribution in [1.82, 2.24) is 15.2 Å². The summed E-state index contributed by atoms with van der Waals surface area (Å²) in [4.78, 5) is 28.1. The molecule has 3 rings (SSSR count). The SMILES string of the molecule is O=C(Cc1ccoc1Sc1ccc(C(F)(F)F)cc1)C(=O)c1ncn[nH]1. The highest BCUT2D eigenvalue weighted by Gasteiger charge is 2.30. The van der Waals surface area contributed by atoms with Crippen molar-refractivity contribution in [1.29, 1.82) is 0 Å². The van der Waals surface area contributed by atoms with Gasteiger partial charge in [-0.15, -0.1) is 0 Å². The predicted octanol–water partition coefficient (Wildman–Crippen LogP) is 3.56. The standard InChI is InChI=1S/C16H10F3N3O3S/c17-16(18,19)10-1-3-11(4-2-10)26-15-9(5-6-25-15)7-12(23)13(24)14-20-8-21-22-14/h1-6,8H,7H2,(H,20,21,22). The number of carbonyl (C=O) groups excluding carboxylic acids is 2. The Morgan fingerprint density at radius 2 is 1.88 bits per heavy atom. The topological polar surface area (TPSA) is 88.8 Å². The van der Waals surface area contributed by atoms with Crippen molar-refractivity contribution in [2.24, 2.45) is 0 Å². The Bertz CT molecular complexity index is 918. The second kappa shape index (κ2) is 7.16. The van der Waals surface area contributed by atoms with Crippen molar-refractivity contribution in [2.75, 3.05) is 0 Å². The van der Waals surface area contributed by atoms with Gasteiger partial charge in [-0.2, -0.15) is 18.3 Å². The summed E-state index contributed by atoms with van der Waals surface area (Å²) in [6.45, 7) is 0. The fourth-order valence-electron chi connectivity index (χ4n) is 2.06. The average molecular weight is 381 g/mol. The van der Waals surface area contributed by atoms with Crippen LogP contribution in [0.15, 0.2) is 57.3 Å². The molecule has 26 heavy (non-hydrogen) atoms. The lowest BCUT2D eigenvalue weighted by molar-refractivity contribution is -0.137. The largest absolute Gasteiger partial charge is 0.457 e. The monoisotopic (exact) mass is 381 g/mol. The zero-order chi connectivity index (χ0) is 18.7. The number of aromatic amines is 1. The number of hydrogen-bond donors (Lipinski definition) is 1. The Kier molecular flexibility index (Phi) is 4.94. The first-order valence-corrected chi connectivity index (χ1v) is 8.00. The van der Waals surface area contributed by atoms with Crippen molar-refractivity contribution in [3.05, 3.63) is 59.9 Å². The first-order chi connectivity index (χ1) is 12.3. The van der Waals surface area contributed by atoms with E-state index in [1.807, 2.05) is 0 Å². The summed E-state index contributed by atoms with van der Waals surface area (Å²) in [6, 6.07) is 6.06. The van der Waals surface area contributed by atoms with Gasteiger partial charge in [0.15, 0.2) is 10.9 Å². The molecule has 134 valence electrons. The van der Waals surface area contributed by atoms with Crippen molar-refractivity contribution < 1.29 is 27.2 Å². The van der Waals surface area contributed by atoms with Crippen molar-refractivity contribution in [3.63, 3.8) is 0 Å². The number of H-pyrrole nitrogens is 1. The summed E-state index contributed by atoms with van der Waals surface area (Å²) in [5.41, 5.74) is -0.304. The Hall–Kier alpha value is -2.88. The van der Waals surface area contributed by atoms with Crippen molar-refractivity contribution in [3.8, 4) is 0 Å². The van der Waals surface area contributed by atoms with Crippen LogP contribution in [0, 0.1) is 0 Å². The maximum absolute atomic E-state index is 12.6. The van der Waals surface area contributed by atoms with Gasteiger partial charge >= 0.3 is 6.18 Å². The van der Waals surface area contributed by atoms with E-state index in [4.69, 9.17) is 4.42 Å². The third-order valence-corrected chi connectivity index (χ3v) is 4.38. The minimum Gasteiger partial charge on any atom is -0.457 e. The van der Waals surface area contributed by atoms with E-state index in [1.54, 1.807) is 0 Å². The smallest absolute Gasteiger partial charge is 0.416 e. The molecule has 0 atom stereocenters. The second-order valence-electron chi connectivity index (χ2n) is 5.12. The predicted molar refractivity (Wildman–Crippen MR) is 83.7 cm³/mol. The van der Waals surface area contributed by atoms with Crippen LogP contribution in [0.3, 0.4) is 0 Å². The van der Waals surface area contributed by atoms with Gasteiger partial charge in [-0.3, -0.25) is 14.7 Å². The molecule has 3 aromatic rings. The van der Waals surface area contributed by atoms with E-state index in [2.05, 4.69) is 15.2 Å². The molecule has 6 nitrogen and oxygen atoms in total. The first kappa shape index (κ1) is 17.9. The summed E-state index contributed by atoms with van der Waals surface area (Å²) in [5, 5.41) is 6.15. The zero-order valence-electron chi connectivity index (χ0n) is 12.9. The van der Waals surface area contributed by atoms with Crippen LogP contribution in [0.1, 0.15) is 21.7 Å². The number of furan rings is 1. The van der Waals surface area contributed by atoms with Gasteiger partial charge in [0, 0.05) is 16.9 Å².